The Labute approximate surface area is 111 Å². The summed E-state index contributed by atoms with van der Waals surface area (Å²) in [5.41, 5.74) is -0.643. The summed E-state index contributed by atoms with van der Waals surface area (Å²) >= 11 is 0. The van der Waals surface area contributed by atoms with E-state index in [9.17, 15) is 27.9 Å². The lowest BCUT2D eigenvalue weighted by Crippen LogP contribution is -2.20. The molecule has 0 aromatic heterocycles. The number of carboxylic acid groups (broad SMARTS) is 1. The molecule has 0 saturated carbocycles. The van der Waals surface area contributed by atoms with Crippen molar-refractivity contribution in [1.29, 1.82) is 0 Å². The maximum absolute atomic E-state index is 12.3. The number of halogens is 3. The van der Waals surface area contributed by atoms with E-state index in [1.54, 1.807) is 0 Å². The van der Waals surface area contributed by atoms with Crippen molar-refractivity contribution in [2.75, 3.05) is 0 Å². The number of Topliss-reactive ketones (excluding diaryl/α,β-unsaturated/α-hetero) is 1. The summed E-state index contributed by atoms with van der Waals surface area (Å²) in [5.74, 6) is -3.06. The minimum absolute atomic E-state index is 0.0466. The number of hydrogen-bond donors (Lipinski definition) is 2. The monoisotopic (exact) mass is 292 g/mol. The average molecular weight is 292 g/mol. The van der Waals surface area contributed by atoms with Crippen molar-refractivity contribution in [2.45, 2.75) is 25.8 Å². The molecule has 20 heavy (non-hydrogen) atoms. The molecule has 1 aromatic carbocycles. The average Bonchev–Trinajstić information content (AvgIpc) is 2.34. The zero-order valence-corrected chi connectivity index (χ0v) is 10.3. The fourth-order valence-electron chi connectivity index (χ4n) is 1.48. The second kappa shape index (κ2) is 5.91. The molecule has 0 aliphatic rings. The highest BCUT2D eigenvalue weighted by atomic mass is 19.4. The quantitative estimate of drug-likeness (QED) is 0.813. The Bertz CT molecular complexity index is 524. The molecule has 8 heteroatoms. The van der Waals surface area contributed by atoms with Gasteiger partial charge < -0.3 is 14.9 Å². The fourth-order valence-corrected chi connectivity index (χ4v) is 1.48. The van der Waals surface area contributed by atoms with Crippen molar-refractivity contribution in [3.05, 3.63) is 29.3 Å². The first-order valence-corrected chi connectivity index (χ1v) is 5.49. The molecular weight excluding hydrogens is 281 g/mol. The highest BCUT2D eigenvalue weighted by Crippen LogP contribution is 2.30. The smallest absolute Gasteiger partial charge is 0.479 e. The highest BCUT2D eigenvalue weighted by Gasteiger charge is 2.33. The van der Waals surface area contributed by atoms with Crippen molar-refractivity contribution in [2.24, 2.45) is 0 Å². The van der Waals surface area contributed by atoms with Crippen LogP contribution in [0.3, 0.4) is 0 Å². The van der Waals surface area contributed by atoms with Gasteiger partial charge in [-0.3, -0.25) is 4.79 Å². The summed E-state index contributed by atoms with van der Waals surface area (Å²) in [6.45, 7) is 1.46. The second-order valence-corrected chi connectivity index (χ2v) is 3.82. The molecule has 1 unspecified atom stereocenters. The van der Waals surface area contributed by atoms with Crippen LogP contribution < -0.4 is 4.74 Å². The van der Waals surface area contributed by atoms with Crippen molar-refractivity contribution in [3.8, 4) is 5.75 Å². The van der Waals surface area contributed by atoms with E-state index in [0.717, 1.165) is 12.1 Å². The number of benzene rings is 1. The zero-order valence-electron chi connectivity index (χ0n) is 10.3. The van der Waals surface area contributed by atoms with Gasteiger partial charge in [-0.2, -0.15) is 0 Å². The lowest BCUT2D eigenvalue weighted by molar-refractivity contribution is -0.274. The Morgan fingerprint density at radius 2 is 1.95 bits per heavy atom. The minimum Gasteiger partial charge on any atom is -0.479 e. The lowest BCUT2D eigenvalue weighted by atomic mass is 10.0. The predicted molar refractivity (Wildman–Crippen MR) is 60.3 cm³/mol. The van der Waals surface area contributed by atoms with Gasteiger partial charge in [-0.1, -0.05) is 13.0 Å². The number of rotatable bonds is 5. The normalized spacial score (nSPS) is 12.8. The van der Waals surface area contributed by atoms with Crippen LogP contribution in [0, 0.1) is 0 Å². The van der Waals surface area contributed by atoms with Crippen molar-refractivity contribution < 1.29 is 37.7 Å². The molecule has 0 spiro atoms. The molecule has 0 fully saturated rings. The number of carbonyl (C=O) groups excluding carboxylic acids is 1. The largest absolute Gasteiger partial charge is 0.573 e. The van der Waals surface area contributed by atoms with E-state index in [0.29, 0.717) is 6.07 Å². The van der Waals surface area contributed by atoms with Crippen LogP contribution in [0.5, 0.6) is 5.75 Å². The van der Waals surface area contributed by atoms with Crippen LogP contribution in [0.25, 0.3) is 0 Å². The number of carboxylic acids is 1. The third-order valence-electron chi connectivity index (χ3n) is 2.40. The van der Waals surface area contributed by atoms with E-state index in [2.05, 4.69) is 4.74 Å². The first-order valence-electron chi connectivity index (χ1n) is 5.49. The summed E-state index contributed by atoms with van der Waals surface area (Å²) in [7, 11) is 0. The molecule has 0 bridgehead atoms. The summed E-state index contributed by atoms with van der Waals surface area (Å²) in [6.07, 6.45) is -7.08. The van der Waals surface area contributed by atoms with Gasteiger partial charge in [0.15, 0.2) is 11.9 Å². The van der Waals surface area contributed by atoms with Gasteiger partial charge in [-0.05, 0) is 17.7 Å². The van der Waals surface area contributed by atoms with Gasteiger partial charge in [-0.25, -0.2) is 4.79 Å². The number of ether oxygens (including phenoxy) is 1. The van der Waals surface area contributed by atoms with Crippen LogP contribution in [0.15, 0.2) is 18.2 Å². The zero-order chi connectivity index (χ0) is 15.5. The molecule has 1 aromatic rings. The summed E-state index contributed by atoms with van der Waals surface area (Å²) in [4.78, 5) is 22.1. The van der Waals surface area contributed by atoms with Crippen LogP contribution in [-0.2, 0) is 4.79 Å². The van der Waals surface area contributed by atoms with Crippen LogP contribution in [-0.4, -0.2) is 28.3 Å². The van der Waals surface area contributed by atoms with Crippen LogP contribution >= 0.6 is 0 Å². The maximum Gasteiger partial charge on any atom is 0.573 e. The topological polar surface area (TPSA) is 83.8 Å². The van der Waals surface area contributed by atoms with E-state index in [-0.39, 0.29) is 17.5 Å². The van der Waals surface area contributed by atoms with E-state index >= 15 is 0 Å². The molecule has 0 radical (unpaired) electrons. The number of aliphatic carboxylic acids is 1. The molecule has 0 aliphatic heterocycles. The van der Waals surface area contributed by atoms with Crippen LogP contribution in [0.1, 0.15) is 35.4 Å². The maximum atomic E-state index is 12.3. The molecule has 1 rings (SSSR count). The number of aliphatic hydroxyl groups excluding tert-OH is 1. The number of hydrogen-bond acceptors (Lipinski definition) is 4. The molecule has 2 N–H and O–H groups in total. The van der Waals surface area contributed by atoms with Crippen molar-refractivity contribution in [3.63, 3.8) is 0 Å². The third-order valence-corrected chi connectivity index (χ3v) is 2.40. The predicted octanol–water partition coefficient (Wildman–Crippen LogP) is 2.30. The van der Waals surface area contributed by atoms with E-state index < -0.39 is 30.0 Å². The Morgan fingerprint density at radius 1 is 1.35 bits per heavy atom. The Kier molecular flexibility index (Phi) is 4.72. The van der Waals surface area contributed by atoms with Gasteiger partial charge in [-0.15, -0.1) is 13.2 Å². The summed E-state index contributed by atoms with van der Waals surface area (Å²) in [6, 6.07) is 2.74. The summed E-state index contributed by atoms with van der Waals surface area (Å²) in [5, 5.41) is 17.9. The minimum atomic E-state index is -5.03. The number of carbonyl (C=O) groups is 2. The van der Waals surface area contributed by atoms with Crippen LogP contribution in [0.4, 0.5) is 13.2 Å². The Hall–Kier alpha value is -2.09. The first-order chi connectivity index (χ1) is 9.15. The number of alkyl halides is 3. The second-order valence-electron chi connectivity index (χ2n) is 3.82. The highest BCUT2D eigenvalue weighted by molar-refractivity contribution is 5.98. The van der Waals surface area contributed by atoms with Gasteiger partial charge in [0.05, 0.1) is 5.56 Å². The Balaban J connectivity index is 3.28. The van der Waals surface area contributed by atoms with Gasteiger partial charge in [0, 0.05) is 6.42 Å². The van der Waals surface area contributed by atoms with Crippen molar-refractivity contribution in [1.82, 2.24) is 0 Å². The van der Waals surface area contributed by atoms with Gasteiger partial charge >= 0.3 is 12.3 Å². The summed E-state index contributed by atoms with van der Waals surface area (Å²) < 4.78 is 40.5. The molecule has 0 amide bonds. The molecule has 0 heterocycles. The molecule has 110 valence electrons. The van der Waals surface area contributed by atoms with Gasteiger partial charge in [0.25, 0.3) is 0 Å². The Morgan fingerprint density at radius 3 is 2.40 bits per heavy atom. The van der Waals surface area contributed by atoms with E-state index in [1.165, 1.54) is 6.92 Å². The molecule has 0 aliphatic carbocycles. The van der Waals surface area contributed by atoms with E-state index in [4.69, 9.17) is 5.11 Å². The molecule has 1 atom stereocenters. The fraction of sp³-hybridized carbons (Fsp3) is 0.333. The molecular formula is C12H11F3O5. The van der Waals surface area contributed by atoms with Gasteiger partial charge in [0.1, 0.15) is 5.75 Å². The van der Waals surface area contributed by atoms with Gasteiger partial charge in [0.2, 0.25) is 0 Å². The van der Waals surface area contributed by atoms with Crippen LogP contribution in [0.2, 0.25) is 0 Å². The lowest BCUT2D eigenvalue weighted by Gasteiger charge is -2.14. The van der Waals surface area contributed by atoms with E-state index in [1.807, 2.05) is 0 Å². The standard InChI is InChI=1S/C12H11F3O5/c1-2-8(16)7-4-3-6(10(17)11(18)19)5-9(7)20-12(13,14)15/h3-5,10,17H,2H2,1H3,(H,18,19). The third kappa shape index (κ3) is 3.95. The first kappa shape index (κ1) is 16.0. The molecule has 5 nitrogen and oxygen atoms in total. The number of ketones is 1. The van der Waals surface area contributed by atoms with Crippen molar-refractivity contribution >= 4 is 11.8 Å². The molecule has 0 saturated heterocycles. The number of aliphatic hydroxyl groups is 1. The SMILES string of the molecule is CCC(=O)c1ccc(C(O)C(=O)O)cc1OC(F)(F)F.